The molecule has 4 aromatic rings. The molecule has 0 bridgehead atoms. The number of rotatable bonds is 4. The van der Waals surface area contributed by atoms with Crippen LogP contribution in [-0.2, 0) is 0 Å². The van der Waals surface area contributed by atoms with Crippen molar-refractivity contribution in [2.45, 2.75) is 18.9 Å². The number of aromatic amines is 2. The summed E-state index contributed by atoms with van der Waals surface area (Å²) in [4.78, 5) is 35.0. The van der Waals surface area contributed by atoms with Crippen LogP contribution in [-0.4, -0.2) is 66.9 Å². The molecule has 1 aliphatic heterocycles. The van der Waals surface area contributed by atoms with E-state index in [1.807, 2.05) is 18.2 Å². The van der Waals surface area contributed by atoms with Crippen LogP contribution in [0.5, 0.6) is 5.88 Å². The van der Waals surface area contributed by atoms with Crippen LogP contribution >= 0.6 is 0 Å². The minimum atomic E-state index is -0.482. The number of nitrogens with two attached hydrogens (primary N) is 1. The molecule has 4 aromatic heterocycles. The molecule has 1 saturated carbocycles. The Morgan fingerprint density at radius 3 is 2.68 bits per heavy atom. The predicted octanol–water partition coefficient (Wildman–Crippen LogP) is -0.634. The van der Waals surface area contributed by atoms with Gasteiger partial charge in [0.15, 0.2) is 17.0 Å². The molecule has 0 atom stereocenters. The number of aromatic hydroxyl groups is 1. The first-order valence-electron chi connectivity index (χ1n) is 11.2. The van der Waals surface area contributed by atoms with Gasteiger partial charge in [-0.15, -0.1) is 0 Å². The first kappa shape index (κ1) is 20.3. The average Bonchev–Trinajstić information content (AvgIpc) is 3.47. The zero-order chi connectivity index (χ0) is 23.2. The van der Waals surface area contributed by atoms with E-state index in [2.05, 4.69) is 29.9 Å². The van der Waals surface area contributed by atoms with Crippen molar-refractivity contribution >= 4 is 29.0 Å². The number of aromatic nitrogens is 6. The molecular weight excluding hydrogens is 436 g/mol. The third-order valence-corrected chi connectivity index (χ3v) is 6.08. The highest BCUT2D eigenvalue weighted by atomic mass is 16.3. The number of nitrogen functional groups attached to an aromatic ring is 1. The summed E-state index contributed by atoms with van der Waals surface area (Å²) in [5, 5.41) is 15.1. The van der Waals surface area contributed by atoms with E-state index in [-0.39, 0.29) is 11.6 Å². The number of hydrogen-bond acceptors (Lipinski definition) is 9. The monoisotopic (exact) mass is 460 g/mol. The molecular formula is C22H24N10O2. The average molecular weight is 461 g/mol. The van der Waals surface area contributed by atoms with Gasteiger partial charge in [0.2, 0.25) is 5.88 Å². The summed E-state index contributed by atoms with van der Waals surface area (Å²) >= 11 is 0. The van der Waals surface area contributed by atoms with Gasteiger partial charge in [-0.05, 0) is 31.1 Å². The zero-order valence-electron chi connectivity index (χ0n) is 18.3. The second kappa shape index (κ2) is 7.90. The number of nitrogens with zero attached hydrogens (tertiary/aromatic N) is 7. The molecule has 1 aliphatic carbocycles. The molecule has 5 N–H and O–H groups in total. The lowest BCUT2D eigenvalue weighted by Crippen LogP contribution is -2.47. The summed E-state index contributed by atoms with van der Waals surface area (Å²) in [6.07, 6.45) is 7.20. The summed E-state index contributed by atoms with van der Waals surface area (Å²) in [5.41, 5.74) is 7.92. The van der Waals surface area contributed by atoms with Gasteiger partial charge in [-0.1, -0.05) is 0 Å². The molecule has 174 valence electrons. The van der Waals surface area contributed by atoms with Crippen LogP contribution in [0.3, 0.4) is 0 Å². The highest BCUT2D eigenvalue weighted by Gasteiger charge is 2.23. The summed E-state index contributed by atoms with van der Waals surface area (Å²) in [7, 11) is 0. The van der Waals surface area contributed by atoms with E-state index in [1.165, 1.54) is 0 Å². The molecule has 12 nitrogen and oxygen atoms in total. The van der Waals surface area contributed by atoms with E-state index in [1.54, 1.807) is 23.0 Å². The first-order chi connectivity index (χ1) is 16.5. The Kier molecular flexibility index (Phi) is 4.71. The quantitative estimate of drug-likeness (QED) is 0.313. The summed E-state index contributed by atoms with van der Waals surface area (Å²) < 4.78 is 1.71. The van der Waals surface area contributed by atoms with Gasteiger partial charge in [0.1, 0.15) is 11.5 Å². The highest BCUT2D eigenvalue weighted by Crippen LogP contribution is 2.24. The molecule has 5 heterocycles. The Morgan fingerprint density at radius 2 is 1.97 bits per heavy atom. The summed E-state index contributed by atoms with van der Waals surface area (Å²) in [5.74, 6) is 1.39. The van der Waals surface area contributed by atoms with Crippen molar-refractivity contribution in [3.63, 3.8) is 0 Å². The maximum absolute atomic E-state index is 11.5. The Balaban J connectivity index is 1.38. The second-order valence-electron chi connectivity index (χ2n) is 8.54. The normalized spacial score (nSPS) is 17.8. The standard InChI is InChI=1S/C22H24N10O2/c23-15-2-1-5-24-20(15)31-8-6-30(7-9-31)17-11-18(26-14-3-4-14)32-19(28-17)13(12-25-32)10-16-21(33)29-22(34)27-16/h1-2,5,10-12,14,33H,3-4,6-9,23H2,(H2,27,29,34). The molecule has 6 rings (SSSR count). The Bertz CT molecular complexity index is 1540. The number of nitrogens with one attached hydrogen (secondary N) is 2. The largest absolute Gasteiger partial charge is 0.493 e. The molecule has 1 saturated heterocycles. The van der Waals surface area contributed by atoms with Crippen molar-refractivity contribution in [3.8, 4) is 5.88 Å². The molecule has 0 aromatic carbocycles. The lowest BCUT2D eigenvalue weighted by molar-refractivity contribution is 0.454. The van der Waals surface area contributed by atoms with Crippen LogP contribution in [0.15, 0.2) is 40.4 Å². The van der Waals surface area contributed by atoms with Crippen LogP contribution in [0.1, 0.15) is 18.5 Å². The number of piperazine rings is 1. The maximum atomic E-state index is 11.5. The van der Waals surface area contributed by atoms with Crippen LogP contribution in [0.25, 0.3) is 11.7 Å². The molecule has 12 heteroatoms. The number of pyridine rings is 1. The van der Waals surface area contributed by atoms with Crippen LogP contribution in [0.2, 0.25) is 0 Å². The number of fused-ring (bicyclic) bond motifs is 1. The van der Waals surface area contributed by atoms with Gasteiger partial charge >= 0.3 is 5.69 Å². The second-order valence-corrected chi connectivity index (χ2v) is 8.54. The number of H-pyrrole nitrogens is 2. The molecule has 0 amide bonds. The molecule has 0 radical (unpaired) electrons. The van der Waals surface area contributed by atoms with Crippen molar-refractivity contribution < 1.29 is 5.11 Å². The van der Waals surface area contributed by atoms with Crippen LogP contribution in [0.4, 0.5) is 17.3 Å². The smallest absolute Gasteiger partial charge is 0.326 e. The van der Waals surface area contributed by atoms with E-state index in [0.717, 1.165) is 56.1 Å². The lowest BCUT2D eigenvalue weighted by atomic mass is 10.2. The van der Waals surface area contributed by atoms with Gasteiger partial charge in [-0.25, -0.2) is 14.8 Å². The minimum absolute atomic E-state index is 0.228. The minimum Gasteiger partial charge on any atom is -0.493 e. The fourth-order valence-electron chi connectivity index (χ4n) is 4.17. The third kappa shape index (κ3) is 3.72. The van der Waals surface area contributed by atoms with Gasteiger partial charge in [0.05, 0.1) is 17.9 Å². The molecule has 0 spiro atoms. The summed E-state index contributed by atoms with van der Waals surface area (Å²) in [6.45, 7) is 3.03. The van der Waals surface area contributed by atoms with Gasteiger partial charge in [-0.2, -0.15) is 9.61 Å². The SMILES string of the molecule is Nc1cccnc1N1CCN(c2cc(=NC3CC3)n3ncc(=Cc4[nH]c(=O)[nH]c4O)c3n2)CC1. The zero-order valence-corrected chi connectivity index (χ0v) is 18.3. The highest BCUT2D eigenvalue weighted by molar-refractivity contribution is 5.63. The van der Waals surface area contributed by atoms with Gasteiger partial charge in [-0.3, -0.25) is 9.98 Å². The van der Waals surface area contributed by atoms with E-state index in [9.17, 15) is 9.90 Å². The molecule has 2 fully saturated rings. The molecule has 34 heavy (non-hydrogen) atoms. The Hall–Kier alpha value is -4.35. The maximum Gasteiger partial charge on any atom is 0.326 e. The number of imidazole rings is 1. The Morgan fingerprint density at radius 1 is 1.18 bits per heavy atom. The van der Waals surface area contributed by atoms with E-state index in [4.69, 9.17) is 15.7 Å². The topological polar surface area (TPSA) is 157 Å². The van der Waals surface area contributed by atoms with Gasteiger partial charge in [0, 0.05) is 43.7 Å². The van der Waals surface area contributed by atoms with E-state index >= 15 is 0 Å². The van der Waals surface area contributed by atoms with Crippen molar-refractivity contribution in [2.24, 2.45) is 4.99 Å². The van der Waals surface area contributed by atoms with Crippen molar-refractivity contribution in [1.29, 1.82) is 0 Å². The summed E-state index contributed by atoms with van der Waals surface area (Å²) in [6, 6.07) is 5.98. The third-order valence-electron chi connectivity index (χ3n) is 6.08. The molecule has 0 unspecified atom stereocenters. The van der Waals surface area contributed by atoms with Crippen molar-refractivity contribution in [3.05, 3.63) is 57.5 Å². The van der Waals surface area contributed by atoms with Gasteiger partial charge < -0.3 is 25.6 Å². The number of hydrogen-bond donors (Lipinski definition) is 4. The van der Waals surface area contributed by atoms with Gasteiger partial charge in [0.25, 0.3) is 0 Å². The fourth-order valence-corrected chi connectivity index (χ4v) is 4.17. The van der Waals surface area contributed by atoms with E-state index in [0.29, 0.717) is 22.6 Å². The predicted molar refractivity (Wildman–Crippen MR) is 127 cm³/mol. The first-order valence-corrected chi connectivity index (χ1v) is 11.2. The lowest BCUT2D eigenvalue weighted by Gasteiger charge is -2.36. The van der Waals surface area contributed by atoms with Crippen molar-refractivity contribution in [2.75, 3.05) is 41.7 Å². The van der Waals surface area contributed by atoms with Crippen LogP contribution in [0, 0.1) is 0 Å². The van der Waals surface area contributed by atoms with Crippen molar-refractivity contribution in [1.82, 2.24) is 29.5 Å². The Labute approximate surface area is 193 Å². The fraction of sp³-hybridized carbons (Fsp3) is 0.318. The van der Waals surface area contributed by atoms with E-state index < -0.39 is 5.69 Å². The van der Waals surface area contributed by atoms with Crippen LogP contribution < -0.4 is 31.9 Å². The molecule has 2 aliphatic rings. The number of anilines is 3.